The lowest BCUT2D eigenvalue weighted by Gasteiger charge is -2.04. The molecule has 1 heterocycles. The van der Waals surface area contributed by atoms with Gasteiger partial charge in [-0.15, -0.1) is 11.3 Å². The molecule has 2 aliphatic carbocycles. The molecule has 2 aliphatic rings. The van der Waals surface area contributed by atoms with Gasteiger partial charge in [0.1, 0.15) is 9.88 Å². The van der Waals surface area contributed by atoms with Crippen LogP contribution in [0.15, 0.2) is 4.99 Å². The summed E-state index contributed by atoms with van der Waals surface area (Å²) in [5.74, 6) is -0.327. The lowest BCUT2D eigenvalue weighted by Crippen LogP contribution is -2.03. The number of carboxylic acid groups (broad SMARTS) is 1. The first kappa shape index (κ1) is 14.4. The van der Waals surface area contributed by atoms with Crippen LogP contribution in [0.2, 0.25) is 0 Å². The summed E-state index contributed by atoms with van der Waals surface area (Å²) in [6, 6.07) is 0. The number of ketones is 1. The molecule has 1 N–H and O–H groups in total. The van der Waals surface area contributed by atoms with Crippen LogP contribution < -0.4 is 0 Å². The highest BCUT2D eigenvalue weighted by molar-refractivity contribution is 7.18. The monoisotopic (exact) mass is 305 g/mol. The van der Waals surface area contributed by atoms with Crippen LogP contribution in [0.25, 0.3) is 0 Å². The van der Waals surface area contributed by atoms with Crippen molar-refractivity contribution in [2.45, 2.75) is 51.9 Å². The Morgan fingerprint density at radius 3 is 2.48 bits per heavy atom. The molecule has 0 amide bonds. The van der Waals surface area contributed by atoms with E-state index >= 15 is 0 Å². The number of carbonyl (C=O) groups excluding carboxylic acids is 1. The fourth-order valence-electron chi connectivity index (χ4n) is 3.07. The summed E-state index contributed by atoms with van der Waals surface area (Å²) in [5, 5.41) is 10.0. The molecule has 21 heavy (non-hydrogen) atoms. The summed E-state index contributed by atoms with van der Waals surface area (Å²) in [4.78, 5) is 28.5. The summed E-state index contributed by atoms with van der Waals surface area (Å²) in [5.41, 5.74) is 2.41. The molecule has 0 bridgehead atoms. The smallest absolute Gasteiger partial charge is 0.346 e. The number of aromatic carboxylic acids is 1. The Balaban J connectivity index is 2.13. The van der Waals surface area contributed by atoms with E-state index < -0.39 is 5.97 Å². The van der Waals surface area contributed by atoms with Crippen LogP contribution >= 0.6 is 11.3 Å². The van der Waals surface area contributed by atoms with E-state index in [0.29, 0.717) is 21.4 Å². The van der Waals surface area contributed by atoms with Crippen molar-refractivity contribution >= 4 is 33.8 Å². The summed E-state index contributed by atoms with van der Waals surface area (Å²) in [6.45, 7) is 3.66. The van der Waals surface area contributed by atoms with Crippen molar-refractivity contribution < 1.29 is 14.7 Å². The quantitative estimate of drug-likeness (QED) is 0.837. The lowest BCUT2D eigenvalue weighted by atomic mass is 10.0. The molecule has 1 unspecified atom stereocenters. The standard InChI is InChI=1S/C16H19NO3S/c1-8-4-3-5-11(8)17-15-12(9(2)18)13(10-6-7-10)14(21-15)16(19)20/h8,10H,3-7H2,1-2H3,(H,19,20)/b17-11+. The van der Waals surface area contributed by atoms with E-state index in [1.165, 1.54) is 18.3 Å². The Labute approximate surface area is 127 Å². The van der Waals surface area contributed by atoms with Crippen molar-refractivity contribution in [1.82, 2.24) is 0 Å². The molecule has 0 spiro atoms. The van der Waals surface area contributed by atoms with Crippen LogP contribution in [0, 0.1) is 5.92 Å². The van der Waals surface area contributed by atoms with E-state index in [-0.39, 0.29) is 11.7 Å². The highest BCUT2D eigenvalue weighted by atomic mass is 32.1. The minimum absolute atomic E-state index is 0.0642. The van der Waals surface area contributed by atoms with Gasteiger partial charge in [0, 0.05) is 5.71 Å². The number of rotatable bonds is 4. The molecular weight excluding hydrogens is 286 g/mol. The maximum Gasteiger partial charge on any atom is 0.346 e. The van der Waals surface area contributed by atoms with Crippen molar-refractivity contribution in [3.05, 3.63) is 16.0 Å². The number of nitrogens with zero attached hydrogens (tertiary/aromatic N) is 1. The van der Waals surface area contributed by atoms with Gasteiger partial charge in [-0.05, 0) is 56.4 Å². The molecular formula is C16H19NO3S. The van der Waals surface area contributed by atoms with Crippen molar-refractivity contribution in [3.63, 3.8) is 0 Å². The van der Waals surface area contributed by atoms with Crippen LogP contribution in [0.4, 0.5) is 5.00 Å². The second-order valence-corrected chi connectivity index (χ2v) is 7.06. The van der Waals surface area contributed by atoms with Gasteiger partial charge < -0.3 is 5.11 Å². The summed E-state index contributed by atoms with van der Waals surface area (Å²) >= 11 is 1.17. The van der Waals surface area contributed by atoms with Gasteiger partial charge in [0.05, 0.1) is 5.56 Å². The van der Waals surface area contributed by atoms with Gasteiger partial charge in [0.15, 0.2) is 5.78 Å². The fraction of sp³-hybridized carbons (Fsp3) is 0.562. The maximum atomic E-state index is 12.1. The van der Waals surface area contributed by atoms with Gasteiger partial charge in [0.25, 0.3) is 0 Å². The predicted molar refractivity (Wildman–Crippen MR) is 83.4 cm³/mol. The minimum Gasteiger partial charge on any atom is -0.477 e. The van der Waals surface area contributed by atoms with Gasteiger partial charge >= 0.3 is 5.97 Å². The number of thiophene rings is 1. The Bertz CT molecular complexity index is 640. The Hall–Kier alpha value is -1.49. The van der Waals surface area contributed by atoms with Crippen molar-refractivity contribution in [2.24, 2.45) is 10.9 Å². The van der Waals surface area contributed by atoms with Gasteiger partial charge in [-0.1, -0.05) is 6.92 Å². The van der Waals surface area contributed by atoms with Crippen LogP contribution in [-0.2, 0) is 0 Å². The zero-order chi connectivity index (χ0) is 15.1. The van der Waals surface area contributed by atoms with Crippen LogP contribution in [0.5, 0.6) is 0 Å². The molecule has 1 aromatic heterocycles. The first-order valence-electron chi connectivity index (χ1n) is 7.47. The van der Waals surface area contributed by atoms with Gasteiger partial charge in [-0.2, -0.15) is 0 Å². The van der Waals surface area contributed by atoms with Crippen LogP contribution in [-0.4, -0.2) is 22.6 Å². The molecule has 2 saturated carbocycles. The first-order valence-corrected chi connectivity index (χ1v) is 8.29. The van der Waals surface area contributed by atoms with E-state index in [9.17, 15) is 14.7 Å². The highest BCUT2D eigenvalue weighted by Crippen LogP contribution is 2.49. The number of hydrogen-bond donors (Lipinski definition) is 1. The third-order valence-corrected chi connectivity index (χ3v) is 5.43. The highest BCUT2D eigenvalue weighted by Gasteiger charge is 2.36. The Kier molecular flexibility index (Phi) is 3.69. The number of aliphatic imine (C=N–C) groups is 1. The average Bonchev–Trinajstić information content (AvgIpc) is 3.07. The van der Waals surface area contributed by atoms with Gasteiger partial charge in [-0.3, -0.25) is 4.79 Å². The van der Waals surface area contributed by atoms with E-state index in [1.54, 1.807) is 0 Å². The molecule has 3 rings (SSSR count). The van der Waals surface area contributed by atoms with Gasteiger partial charge in [0.2, 0.25) is 0 Å². The molecule has 0 radical (unpaired) electrons. The number of carbonyl (C=O) groups is 2. The summed E-state index contributed by atoms with van der Waals surface area (Å²) in [7, 11) is 0. The molecule has 0 saturated heterocycles. The molecule has 0 aliphatic heterocycles. The fourth-order valence-corrected chi connectivity index (χ4v) is 4.25. The molecule has 112 valence electrons. The lowest BCUT2D eigenvalue weighted by molar-refractivity contribution is 0.0701. The van der Waals surface area contributed by atoms with Crippen molar-refractivity contribution in [2.75, 3.05) is 0 Å². The molecule has 5 heteroatoms. The van der Waals surface area contributed by atoms with Crippen LogP contribution in [0.1, 0.15) is 77.5 Å². The van der Waals surface area contributed by atoms with E-state index in [0.717, 1.165) is 43.4 Å². The molecule has 1 atom stereocenters. The van der Waals surface area contributed by atoms with Crippen LogP contribution in [0.3, 0.4) is 0 Å². The Morgan fingerprint density at radius 1 is 1.29 bits per heavy atom. The molecule has 0 aromatic carbocycles. The predicted octanol–water partition coefficient (Wildman–Crippen LogP) is 4.42. The van der Waals surface area contributed by atoms with E-state index in [1.807, 2.05) is 0 Å². The largest absolute Gasteiger partial charge is 0.477 e. The molecule has 4 nitrogen and oxygen atoms in total. The second kappa shape index (κ2) is 5.37. The van der Waals surface area contributed by atoms with E-state index in [4.69, 9.17) is 0 Å². The summed E-state index contributed by atoms with van der Waals surface area (Å²) in [6.07, 6.45) is 5.16. The topological polar surface area (TPSA) is 66.7 Å². The third-order valence-electron chi connectivity index (χ3n) is 4.34. The van der Waals surface area contributed by atoms with Crippen molar-refractivity contribution in [3.8, 4) is 0 Å². The number of hydrogen-bond acceptors (Lipinski definition) is 4. The zero-order valence-corrected chi connectivity index (χ0v) is 13.1. The zero-order valence-electron chi connectivity index (χ0n) is 12.3. The normalized spacial score (nSPS) is 23.7. The molecule has 2 fully saturated rings. The number of carboxylic acids is 1. The maximum absolute atomic E-state index is 12.1. The second-order valence-electron chi connectivity index (χ2n) is 6.06. The average molecular weight is 305 g/mol. The molecule has 1 aromatic rings. The van der Waals surface area contributed by atoms with Gasteiger partial charge in [-0.25, -0.2) is 9.79 Å². The Morgan fingerprint density at radius 2 is 2.00 bits per heavy atom. The number of Topliss-reactive ketones (excluding diaryl/α,β-unsaturated/α-hetero) is 1. The van der Waals surface area contributed by atoms with Crippen molar-refractivity contribution in [1.29, 1.82) is 0 Å². The minimum atomic E-state index is -0.935. The first-order chi connectivity index (χ1) is 9.99. The summed E-state index contributed by atoms with van der Waals surface area (Å²) < 4.78 is 0. The third kappa shape index (κ3) is 2.67. The SMILES string of the molecule is CC(=O)c1c(/N=C2\CCCC2C)sc(C(=O)O)c1C1CC1. The van der Waals surface area contributed by atoms with E-state index in [2.05, 4.69) is 11.9 Å².